The number of hydrogen-bond acceptors (Lipinski definition) is 1. The summed E-state index contributed by atoms with van der Waals surface area (Å²) in [5.74, 6) is 0. The fraction of sp³-hybridized carbons (Fsp3) is 0.455. The quantitative estimate of drug-likeness (QED) is 0.348. The summed E-state index contributed by atoms with van der Waals surface area (Å²) in [6.45, 7) is 10.1. The van der Waals surface area contributed by atoms with E-state index >= 15 is 0 Å². The minimum absolute atomic E-state index is 0.688. The van der Waals surface area contributed by atoms with Gasteiger partial charge in [-0.1, -0.05) is 65.3 Å². The maximum Gasteiger partial charge on any atom is 0.0721 e. The Bertz CT molecular complexity index is 516. The Morgan fingerprint density at radius 2 is 1.43 bits per heavy atom. The molecular weight excluding hydrogens is 280 g/mol. The zero-order valence-corrected chi connectivity index (χ0v) is 15.3. The van der Waals surface area contributed by atoms with Crippen molar-refractivity contribution in [3.63, 3.8) is 0 Å². The molecule has 23 heavy (non-hydrogen) atoms. The van der Waals surface area contributed by atoms with Crippen LogP contribution < -0.4 is 0 Å². The van der Waals surface area contributed by atoms with Crippen LogP contribution in [-0.4, -0.2) is 6.61 Å². The molecular formula is C22H32O. The Balaban J connectivity index is 2.17. The van der Waals surface area contributed by atoms with E-state index in [1.165, 1.54) is 28.7 Å². The van der Waals surface area contributed by atoms with Crippen molar-refractivity contribution in [3.05, 3.63) is 70.8 Å². The van der Waals surface area contributed by atoms with Gasteiger partial charge in [-0.3, -0.25) is 0 Å². The molecule has 0 aromatic heterocycles. The Morgan fingerprint density at radius 3 is 2.09 bits per heavy atom. The molecule has 1 rings (SSSR count). The average molecular weight is 312 g/mol. The lowest BCUT2D eigenvalue weighted by Crippen LogP contribution is -1.93. The van der Waals surface area contributed by atoms with E-state index in [4.69, 9.17) is 4.74 Å². The van der Waals surface area contributed by atoms with Gasteiger partial charge in [-0.15, -0.1) is 0 Å². The van der Waals surface area contributed by atoms with E-state index < -0.39 is 0 Å². The number of allylic oxidation sites excluding steroid dienone is 5. The molecule has 0 bridgehead atoms. The third kappa shape index (κ3) is 10.7. The standard InChI is InChI=1S/C22H32O/c1-19(2)10-8-11-20(3)12-9-13-21(4)16-17-23-18-22-14-6-5-7-15-22/h5-7,10,12,14-16H,8-9,11,13,17-18H2,1-4H3/b20-12+,21-16+. The molecule has 1 aromatic carbocycles. The summed E-state index contributed by atoms with van der Waals surface area (Å²) in [5, 5.41) is 0. The normalized spacial score (nSPS) is 12.3. The molecule has 0 atom stereocenters. The van der Waals surface area contributed by atoms with Gasteiger partial charge in [0.2, 0.25) is 0 Å². The minimum atomic E-state index is 0.688. The summed E-state index contributed by atoms with van der Waals surface area (Å²) in [6.07, 6.45) is 11.5. The lowest BCUT2D eigenvalue weighted by Gasteiger charge is -2.03. The summed E-state index contributed by atoms with van der Waals surface area (Å²) in [5.41, 5.74) is 5.54. The Kier molecular flexibility index (Phi) is 10.1. The van der Waals surface area contributed by atoms with Crippen molar-refractivity contribution >= 4 is 0 Å². The van der Waals surface area contributed by atoms with Gasteiger partial charge < -0.3 is 4.74 Å². The summed E-state index contributed by atoms with van der Waals surface area (Å²) in [7, 11) is 0. The van der Waals surface area contributed by atoms with Crippen molar-refractivity contribution in [2.45, 2.75) is 60.0 Å². The number of benzene rings is 1. The number of ether oxygens (including phenoxy) is 1. The van der Waals surface area contributed by atoms with Crippen LogP contribution in [0, 0.1) is 0 Å². The minimum Gasteiger partial charge on any atom is -0.373 e. The molecule has 0 N–H and O–H groups in total. The Morgan fingerprint density at radius 1 is 0.826 bits per heavy atom. The van der Waals surface area contributed by atoms with Crippen LogP contribution in [0.2, 0.25) is 0 Å². The summed E-state index contributed by atoms with van der Waals surface area (Å²) >= 11 is 0. The van der Waals surface area contributed by atoms with Gasteiger partial charge in [-0.25, -0.2) is 0 Å². The summed E-state index contributed by atoms with van der Waals surface area (Å²) in [6, 6.07) is 10.3. The molecule has 0 fully saturated rings. The molecule has 0 aliphatic carbocycles. The van der Waals surface area contributed by atoms with Crippen LogP contribution in [-0.2, 0) is 11.3 Å². The van der Waals surface area contributed by atoms with Gasteiger partial charge in [-0.05, 0) is 58.9 Å². The first-order chi connectivity index (χ1) is 11.1. The van der Waals surface area contributed by atoms with Crippen LogP contribution >= 0.6 is 0 Å². The second-order valence-corrected chi connectivity index (χ2v) is 6.46. The smallest absolute Gasteiger partial charge is 0.0721 e. The number of hydrogen-bond donors (Lipinski definition) is 0. The summed E-state index contributed by atoms with van der Waals surface area (Å²) < 4.78 is 5.70. The fourth-order valence-corrected chi connectivity index (χ4v) is 2.29. The maximum atomic E-state index is 5.70. The van der Waals surface area contributed by atoms with E-state index in [0.29, 0.717) is 13.2 Å². The topological polar surface area (TPSA) is 9.23 Å². The molecule has 126 valence electrons. The van der Waals surface area contributed by atoms with Gasteiger partial charge in [-0.2, -0.15) is 0 Å². The first kappa shape index (κ1) is 19.4. The third-order valence-corrected chi connectivity index (χ3v) is 3.78. The van der Waals surface area contributed by atoms with E-state index in [1.54, 1.807) is 0 Å². The van der Waals surface area contributed by atoms with Crippen molar-refractivity contribution in [2.24, 2.45) is 0 Å². The van der Waals surface area contributed by atoms with Gasteiger partial charge in [0, 0.05) is 0 Å². The molecule has 0 radical (unpaired) electrons. The molecule has 0 saturated carbocycles. The molecule has 0 heterocycles. The maximum absolute atomic E-state index is 5.70. The van der Waals surface area contributed by atoms with Gasteiger partial charge >= 0.3 is 0 Å². The lowest BCUT2D eigenvalue weighted by molar-refractivity contribution is 0.148. The predicted octanol–water partition coefficient (Wildman–Crippen LogP) is 6.62. The van der Waals surface area contributed by atoms with Crippen molar-refractivity contribution in [3.8, 4) is 0 Å². The molecule has 1 aromatic rings. The van der Waals surface area contributed by atoms with Gasteiger partial charge in [0.15, 0.2) is 0 Å². The van der Waals surface area contributed by atoms with E-state index in [2.05, 4.69) is 58.1 Å². The monoisotopic (exact) mass is 312 g/mol. The highest BCUT2D eigenvalue weighted by Gasteiger charge is 1.93. The van der Waals surface area contributed by atoms with Crippen molar-refractivity contribution in [1.29, 1.82) is 0 Å². The average Bonchev–Trinajstić information content (AvgIpc) is 2.52. The molecule has 0 aliphatic rings. The van der Waals surface area contributed by atoms with Gasteiger partial charge in [0.05, 0.1) is 13.2 Å². The van der Waals surface area contributed by atoms with E-state index in [9.17, 15) is 0 Å². The van der Waals surface area contributed by atoms with E-state index in [-0.39, 0.29) is 0 Å². The van der Waals surface area contributed by atoms with Crippen LogP contribution in [0.4, 0.5) is 0 Å². The van der Waals surface area contributed by atoms with Crippen molar-refractivity contribution in [2.75, 3.05) is 6.61 Å². The lowest BCUT2D eigenvalue weighted by atomic mass is 10.1. The van der Waals surface area contributed by atoms with Crippen LogP contribution in [0.25, 0.3) is 0 Å². The van der Waals surface area contributed by atoms with Crippen LogP contribution in [0.3, 0.4) is 0 Å². The van der Waals surface area contributed by atoms with E-state index in [1.807, 2.05) is 18.2 Å². The third-order valence-electron chi connectivity index (χ3n) is 3.78. The van der Waals surface area contributed by atoms with Crippen LogP contribution in [0.1, 0.15) is 58.9 Å². The van der Waals surface area contributed by atoms with Crippen LogP contribution in [0.15, 0.2) is 65.3 Å². The first-order valence-corrected chi connectivity index (χ1v) is 8.64. The number of rotatable bonds is 10. The highest BCUT2D eigenvalue weighted by atomic mass is 16.5. The zero-order valence-electron chi connectivity index (χ0n) is 15.3. The summed E-state index contributed by atoms with van der Waals surface area (Å²) in [4.78, 5) is 0. The molecule has 0 spiro atoms. The van der Waals surface area contributed by atoms with Crippen molar-refractivity contribution in [1.82, 2.24) is 0 Å². The SMILES string of the molecule is CC(C)=CCC/C(C)=C/CC/C(C)=C/COCc1ccccc1. The highest BCUT2D eigenvalue weighted by Crippen LogP contribution is 2.11. The molecule has 1 nitrogen and oxygen atoms in total. The second kappa shape index (κ2) is 11.9. The molecule has 1 heteroatoms. The van der Waals surface area contributed by atoms with Crippen LogP contribution in [0.5, 0.6) is 0 Å². The Labute approximate surface area is 142 Å². The highest BCUT2D eigenvalue weighted by molar-refractivity contribution is 5.13. The largest absolute Gasteiger partial charge is 0.373 e. The first-order valence-electron chi connectivity index (χ1n) is 8.64. The van der Waals surface area contributed by atoms with Crippen molar-refractivity contribution < 1.29 is 4.74 Å². The fourth-order valence-electron chi connectivity index (χ4n) is 2.29. The Hall–Kier alpha value is -1.60. The van der Waals surface area contributed by atoms with Gasteiger partial charge in [0.25, 0.3) is 0 Å². The predicted molar refractivity (Wildman–Crippen MR) is 102 cm³/mol. The molecule has 0 unspecified atom stereocenters. The molecule has 0 amide bonds. The zero-order chi connectivity index (χ0) is 16.9. The molecule has 0 aliphatic heterocycles. The molecule has 0 saturated heterocycles. The van der Waals surface area contributed by atoms with Gasteiger partial charge in [0.1, 0.15) is 0 Å². The van der Waals surface area contributed by atoms with E-state index in [0.717, 1.165) is 19.3 Å². The second-order valence-electron chi connectivity index (χ2n) is 6.46.